The average Bonchev–Trinajstić information content (AvgIpc) is 2.18. The van der Waals surface area contributed by atoms with Crippen LogP contribution in [-0.4, -0.2) is 22.8 Å². The van der Waals surface area contributed by atoms with Crippen LogP contribution in [0.3, 0.4) is 0 Å². The third-order valence-corrected chi connectivity index (χ3v) is 2.99. The van der Waals surface area contributed by atoms with E-state index >= 15 is 0 Å². The van der Waals surface area contributed by atoms with Crippen molar-refractivity contribution in [2.45, 2.75) is 13.3 Å². The number of rotatable bonds is 2. The zero-order valence-corrected chi connectivity index (χ0v) is 10.7. The van der Waals surface area contributed by atoms with Crippen LogP contribution in [0.1, 0.15) is 22.5 Å². The highest BCUT2D eigenvalue weighted by molar-refractivity contribution is 9.10. The normalized spacial score (nSPS) is 13.1. The van der Waals surface area contributed by atoms with Crippen molar-refractivity contribution in [1.82, 2.24) is 9.88 Å². The zero-order valence-electron chi connectivity index (χ0n) is 9.12. The van der Waals surface area contributed by atoms with Crippen LogP contribution in [-0.2, 0) is 0 Å². The van der Waals surface area contributed by atoms with Gasteiger partial charge in [-0.3, -0.25) is 9.78 Å². The number of carbonyl (C=O) groups excluding carboxylic acids is 1. The van der Waals surface area contributed by atoms with Crippen LogP contribution < -0.4 is 0 Å². The molecule has 82 valence electrons. The van der Waals surface area contributed by atoms with Gasteiger partial charge in [0.2, 0.25) is 0 Å². The van der Waals surface area contributed by atoms with Gasteiger partial charge < -0.3 is 4.90 Å². The number of pyridine rings is 1. The molecule has 0 saturated carbocycles. The fourth-order valence-corrected chi connectivity index (χ4v) is 1.79. The number of hydrogen-bond donors (Lipinski definition) is 0. The molecule has 16 heavy (non-hydrogen) atoms. The molecule has 0 radical (unpaired) electrons. The molecule has 0 saturated heterocycles. The van der Waals surface area contributed by atoms with Crippen LogP contribution in [0.25, 0.3) is 0 Å². The number of aryl methyl sites for hydroxylation is 1. The van der Waals surface area contributed by atoms with E-state index in [1.807, 2.05) is 13.0 Å². The molecule has 1 aliphatic rings. The summed E-state index contributed by atoms with van der Waals surface area (Å²) in [5, 5.41) is 0. The number of nitrogens with zero attached hydrogens (tertiary/aromatic N) is 2. The van der Waals surface area contributed by atoms with Gasteiger partial charge >= 0.3 is 0 Å². The molecule has 0 N–H and O–H groups in total. The second kappa shape index (κ2) is 4.24. The molecule has 0 aliphatic heterocycles. The fourth-order valence-electron chi connectivity index (χ4n) is 1.45. The van der Waals surface area contributed by atoms with Crippen LogP contribution in [0, 0.1) is 6.92 Å². The van der Waals surface area contributed by atoms with Gasteiger partial charge in [-0.05, 0) is 35.0 Å². The summed E-state index contributed by atoms with van der Waals surface area (Å²) in [6.07, 6.45) is 4.41. The van der Waals surface area contributed by atoms with E-state index in [2.05, 4.69) is 26.6 Å². The molecule has 2 rings (SSSR count). The Morgan fingerprint density at radius 2 is 2.31 bits per heavy atom. The van der Waals surface area contributed by atoms with E-state index in [1.54, 1.807) is 24.2 Å². The Bertz CT molecular complexity index is 516. The summed E-state index contributed by atoms with van der Waals surface area (Å²) in [6, 6.07) is 1.80. The molecule has 1 aliphatic carbocycles. The van der Waals surface area contributed by atoms with Crippen molar-refractivity contribution in [3.8, 4) is 0 Å². The van der Waals surface area contributed by atoms with Gasteiger partial charge in [0.1, 0.15) is 0 Å². The maximum absolute atomic E-state index is 12.1. The lowest BCUT2D eigenvalue weighted by Gasteiger charge is -2.21. The van der Waals surface area contributed by atoms with Gasteiger partial charge in [0, 0.05) is 24.1 Å². The Labute approximate surface area is 103 Å². The molecular weight excluding hydrogens is 268 g/mol. The Balaban J connectivity index is 2.33. The van der Waals surface area contributed by atoms with Crippen LogP contribution in [0.5, 0.6) is 0 Å². The summed E-state index contributed by atoms with van der Waals surface area (Å²) < 4.78 is 0.813. The monoisotopic (exact) mass is 278 g/mol. The number of aromatic nitrogens is 1. The number of hydrogen-bond acceptors (Lipinski definition) is 2. The Kier molecular flexibility index (Phi) is 2.95. The molecule has 1 heterocycles. The highest BCUT2D eigenvalue weighted by Crippen LogP contribution is 2.19. The lowest BCUT2D eigenvalue weighted by Crippen LogP contribution is -2.27. The lowest BCUT2D eigenvalue weighted by atomic mass is 10.1. The lowest BCUT2D eigenvalue weighted by molar-refractivity contribution is 0.0831. The van der Waals surface area contributed by atoms with Crippen LogP contribution in [0.15, 0.2) is 34.2 Å². The minimum atomic E-state index is -0.0399. The highest BCUT2D eigenvalue weighted by atomic mass is 79.9. The van der Waals surface area contributed by atoms with Gasteiger partial charge in [-0.25, -0.2) is 0 Å². The molecule has 4 heteroatoms. The third kappa shape index (κ3) is 1.94. The third-order valence-electron chi connectivity index (χ3n) is 2.56. The van der Waals surface area contributed by atoms with E-state index in [0.29, 0.717) is 5.56 Å². The summed E-state index contributed by atoms with van der Waals surface area (Å²) in [5.41, 5.74) is 5.28. The molecule has 0 bridgehead atoms. The fraction of sp³-hybridized carbons (Fsp3) is 0.250. The zero-order chi connectivity index (χ0) is 11.7. The smallest absolute Gasteiger partial charge is 0.260 e. The summed E-state index contributed by atoms with van der Waals surface area (Å²) in [7, 11) is 1.76. The van der Waals surface area contributed by atoms with Crippen molar-refractivity contribution in [3.05, 3.63) is 45.5 Å². The van der Waals surface area contributed by atoms with Crippen molar-refractivity contribution in [2.24, 2.45) is 0 Å². The van der Waals surface area contributed by atoms with Crippen molar-refractivity contribution in [3.63, 3.8) is 0 Å². The van der Waals surface area contributed by atoms with Gasteiger partial charge in [0.05, 0.1) is 17.0 Å². The molecular formula is C12H11BrN2O. The predicted molar refractivity (Wildman–Crippen MR) is 65.0 cm³/mol. The molecule has 3 nitrogen and oxygen atoms in total. The standard InChI is InChI=1S/C12H11BrN2O/c1-8-11(6-9(13)7-14-8)12(16)15(2)10-4-3-5-10/h3,6-7H,4H2,1-2H3. The van der Waals surface area contributed by atoms with E-state index in [-0.39, 0.29) is 5.91 Å². The maximum atomic E-state index is 12.1. The number of carbonyl (C=O) groups is 1. The van der Waals surface area contributed by atoms with Crippen molar-refractivity contribution >= 4 is 21.8 Å². The van der Waals surface area contributed by atoms with E-state index < -0.39 is 0 Å². The van der Waals surface area contributed by atoms with Crippen LogP contribution >= 0.6 is 15.9 Å². The number of amides is 1. The molecule has 0 spiro atoms. The van der Waals surface area contributed by atoms with E-state index in [0.717, 1.165) is 22.3 Å². The maximum Gasteiger partial charge on any atom is 0.260 e. The highest BCUT2D eigenvalue weighted by Gasteiger charge is 2.19. The first-order valence-electron chi connectivity index (χ1n) is 4.94. The minimum absolute atomic E-state index is 0.0399. The van der Waals surface area contributed by atoms with Crippen LogP contribution in [0.4, 0.5) is 0 Å². The molecule has 0 fully saturated rings. The summed E-state index contributed by atoms with van der Waals surface area (Å²) in [4.78, 5) is 17.9. The van der Waals surface area contributed by atoms with E-state index in [4.69, 9.17) is 0 Å². The summed E-state index contributed by atoms with van der Waals surface area (Å²) in [6.45, 7) is 1.83. The van der Waals surface area contributed by atoms with Gasteiger partial charge in [-0.15, -0.1) is 5.73 Å². The van der Waals surface area contributed by atoms with Gasteiger partial charge in [-0.1, -0.05) is 0 Å². The minimum Gasteiger partial charge on any atom is -0.308 e. The molecule has 0 aromatic carbocycles. The SMILES string of the molecule is Cc1ncc(Br)cc1C(=O)N(C)C1=C=CC1. The largest absolute Gasteiger partial charge is 0.308 e. The van der Waals surface area contributed by atoms with Crippen molar-refractivity contribution in [2.75, 3.05) is 7.05 Å². The first kappa shape index (κ1) is 11.1. The van der Waals surface area contributed by atoms with Crippen molar-refractivity contribution in [1.29, 1.82) is 0 Å². The van der Waals surface area contributed by atoms with E-state index in [1.165, 1.54) is 0 Å². The Morgan fingerprint density at radius 1 is 1.62 bits per heavy atom. The quantitative estimate of drug-likeness (QED) is 0.780. The summed E-state index contributed by atoms with van der Waals surface area (Å²) in [5.74, 6) is -0.0399. The molecule has 1 aromatic rings. The second-order valence-corrected chi connectivity index (χ2v) is 4.57. The molecule has 1 amide bonds. The Morgan fingerprint density at radius 3 is 2.88 bits per heavy atom. The summed E-state index contributed by atoms with van der Waals surface area (Å²) >= 11 is 3.32. The predicted octanol–water partition coefficient (Wildman–Crippen LogP) is 2.67. The van der Waals surface area contributed by atoms with Crippen molar-refractivity contribution < 1.29 is 4.79 Å². The first-order chi connectivity index (χ1) is 7.59. The van der Waals surface area contributed by atoms with Gasteiger partial charge in [0.15, 0.2) is 0 Å². The Hall–Kier alpha value is -1.38. The van der Waals surface area contributed by atoms with Gasteiger partial charge in [0.25, 0.3) is 5.91 Å². The second-order valence-electron chi connectivity index (χ2n) is 3.65. The molecule has 0 atom stereocenters. The average molecular weight is 279 g/mol. The first-order valence-corrected chi connectivity index (χ1v) is 5.73. The molecule has 1 aromatic heterocycles. The topological polar surface area (TPSA) is 33.2 Å². The van der Waals surface area contributed by atoms with E-state index in [9.17, 15) is 4.79 Å². The van der Waals surface area contributed by atoms with Crippen LogP contribution in [0.2, 0.25) is 0 Å². The molecule has 0 unspecified atom stereocenters. The van der Waals surface area contributed by atoms with Gasteiger partial charge in [-0.2, -0.15) is 0 Å². The number of halogens is 1.